The molecule has 0 radical (unpaired) electrons. The lowest BCUT2D eigenvalue weighted by molar-refractivity contribution is -0.155. The van der Waals surface area contributed by atoms with E-state index in [0.717, 1.165) is 19.3 Å². The average Bonchev–Trinajstić information content (AvgIpc) is 2.18. The maximum atomic E-state index is 11.6. The third-order valence-electron chi connectivity index (χ3n) is 2.13. The minimum absolute atomic E-state index is 0.0591. The highest BCUT2D eigenvalue weighted by molar-refractivity contribution is 5.85. The highest BCUT2D eigenvalue weighted by atomic mass is 16.5. The van der Waals surface area contributed by atoms with Gasteiger partial charge in [-0.05, 0) is 19.3 Å². The lowest BCUT2D eigenvalue weighted by Gasteiger charge is -2.15. The van der Waals surface area contributed by atoms with Gasteiger partial charge in [-0.2, -0.15) is 0 Å². The highest BCUT2D eigenvalue weighted by Gasteiger charge is 2.20. The molecular weight excluding hydrogens is 192 g/mol. The second-order valence-corrected chi connectivity index (χ2v) is 3.73. The van der Waals surface area contributed by atoms with Gasteiger partial charge in [-0.25, -0.2) is 0 Å². The van der Waals surface area contributed by atoms with Gasteiger partial charge in [-0.1, -0.05) is 27.2 Å². The fourth-order valence-electron chi connectivity index (χ4n) is 1.38. The molecule has 0 aromatic heterocycles. The van der Waals surface area contributed by atoms with E-state index in [-0.39, 0.29) is 11.8 Å². The van der Waals surface area contributed by atoms with Crippen molar-refractivity contribution in [3.8, 4) is 0 Å². The van der Waals surface area contributed by atoms with Crippen LogP contribution in [0.5, 0.6) is 0 Å². The van der Waals surface area contributed by atoms with Crippen molar-refractivity contribution < 1.29 is 14.3 Å². The summed E-state index contributed by atoms with van der Waals surface area (Å²) >= 11 is 0. The van der Waals surface area contributed by atoms with Crippen LogP contribution in [-0.4, -0.2) is 17.9 Å². The Hall–Kier alpha value is -0.860. The van der Waals surface area contributed by atoms with Crippen LogP contribution in [0.4, 0.5) is 0 Å². The Kier molecular flexibility index (Phi) is 7.96. The molecular formula is C12H22O3. The van der Waals surface area contributed by atoms with E-state index in [1.165, 1.54) is 0 Å². The van der Waals surface area contributed by atoms with Gasteiger partial charge in [-0.15, -0.1) is 0 Å². The van der Waals surface area contributed by atoms with Crippen LogP contribution in [0.3, 0.4) is 0 Å². The zero-order chi connectivity index (χ0) is 11.7. The molecule has 0 spiro atoms. The first-order valence-electron chi connectivity index (χ1n) is 5.87. The molecule has 0 saturated heterocycles. The summed E-state index contributed by atoms with van der Waals surface area (Å²) in [7, 11) is 0. The molecule has 0 heterocycles. The number of hydrogen-bond acceptors (Lipinski definition) is 3. The smallest absolute Gasteiger partial charge is 0.306 e. The molecule has 0 aromatic rings. The fraction of sp³-hybridized carbons (Fsp3) is 0.833. The molecule has 0 amide bonds. The van der Waals surface area contributed by atoms with Crippen LogP contribution >= 0.6 is 0 Å². The molecule has 15 heavy (non-hydrogen) atoms. The molecule has 0 aliphatic carbocycles. The van der Waals surface area contributed by atoms with Gasteiger partial charge in [0.2, 0.25) is 0 Å². The third-order valence-corrected chi connectivity index (χ3v) is 2.13. The molecule has 0 aliphatic rings. The first-order chi connectivity index (χ1) is 7.15. The number of esters is 1. The van der Waals surface area contributed by atoms with Gasteiger partial charge in [-0.3, -0.25) is 9.59 Å². The Balaban J connectivity index is 4.13. The molecule has 0 bridgehead atoms. The lowest BCUT2D eigenvalue weighted by atomic mass is 10.1. The van der Waals surface area contributed by atoms with E-state index in [0.29, 0.717) is 19.3 Å². The predicted octanol–water partition coefficient (Wildman–Crippen LogP) is 2.87. The summed E-state index contributed by atoms with van der Waals surface area (Å²) in [6, 6.07) is 0. The molecule has 0 saturated carbocycles. The minimum Gasteiger partial charge on any atom is -0.454 e. The summed E-state index contributed by atoms with van der Waals surface area (Å²) in [5.74, 6) is -0.191. The van der Waals surface area contributed by atoms with Gasteiger partial charge in [0.1, 0.15) is 0 Å². The van der Waals surface area contributed by atoms with Crippen LogP contribution in [0.15, 0.2) is 0 Å². The number of ketones is 1. The van der Waals surface area contributed by atoms with Crippen molar-refractivity contribution >= 4 is 11.8 Å². The normalized spacial score (nSPS) is 12.2. The van der Waals surface area contributed by atoms with Crippen LogP contribution in [0, 0.1) is 0 Å². The molecule has 0 aromatic carbocycles. The maximum Gasteiger partial charge on any atom is 0.306 e. The monoisotopic (exact) mass is 214 g/mol. The largest absolute Gasteiger partial charge is 0.454 e. The summed E-state index contributed by atoms with van der Waals surface area (Å²) in [4.78, 5) is 22.9. The first kappa shape index (κ1) is 14.1. The van der Waals surface area contributed by atoms with Gasteiger partial charge < -0.3 is 4.74 Å². The molecule has 0 rings (SSSR count). The van der Waals surface area contributed by atoms with Gasteiger partial charge in [0.25, 0.3) is 0 Å². The molecule has 1 unspecified atom stereocenters. The second kappa shape index (κ2) is 8.45. The zero-order valence-electron chi connectivity index (χ0n) is 10.0. The summed E-state index contributed by atoms with van der Waals surface area (Å²) in [5.41, 5.74) is 0. The topological polar surface area (TPSA) is 43.4 Å². The van der Waals surface area contributed by atoms with Crippen molar-refractivity contribution in [1.29, 1.82) is 0 Å². The van der Waals surface area contributed by atoms with Crippen molar-refractivity contribution in [1.82, 2.24) is 0 Å². The molecule has 3 heteroatoms. The van der Waals surface area contributed by atoms with Crippen molar-refractivity contribution in [2.75, 3.05) is 0 Å². The Morgan fingerprint density at radius 1 is 1.00 bits per heavy atom. The number of carbonyl (C=O) groups is 2. The summed E-state index contributed by atoms with van der Waals surface area (Å²) in [6.07, 6.45) is 3.48. The third kappa shape index (κ3) is 6.26. The van der Waals surface area contributed by atoms with E-state index < -0.39 is 6.10 Å². The van der Waals surface area contributed by atoms with Gasteiger partial charge in [0.05, 0.1) is 0 Å². The van der Waals surface area contributed by atoms with Crippen LogP contribution in [0.25, 0.3) is 0 Å². The standard InChI is InChI=1S/C12H22O3/c1-4-7-10(13)11(8-5-2)15-12(14)9-6-3/h11H,4-9H2,1-3H3. The second-order valence-electron chi connectivity index (χ2n) is 3.73. The Morgan fingerprint density at radius 3 is 2.07 bits per heavy atom. The number of carbonyl (C=O) groups excluding carboxylic acids is 2. The van der Waals surface area contributed by atoms with E-state index in [4.69, 9.17) is 4.74 Å². The Morgan fingerprint density at radius 2 is 1.60 bits per heavy atom. The Bertz CT molecular complexity index is 199. The quantitative estimate of drug-likeness (QED) is 0.583. The molecule has 1 atom stereocenters. The SMILES string of the molecule is CCCC(=O)OC(CCC)C(=O)CCC. The van der Waals surface area contributed by atoms with Crippen molar-refractivity contribution in [2.24, 2.45) is 0 Å². The molecule has 3 nitrogen and oxygen atoms in total. The summed E-state index contributed by atoms with van der Waals surface area (Å²) in [6.45, 7) is 5.86. The van der Waals surface area contributed by atoms with Crippen LogP contribution in [0.1, 0.15) is 59.3 Å². The highest BCUT2D eigenvalue weighted by Crippen LogP contribution is 2.09. The molecule has 0 N–H and O–H groups in total. The molecule has 0 aliphatic heterocycles. The van der Waals surface area contributed by atoms with Crippen molar-refractivity contribution in [3.63, 3.8) is 0 Å². The number of ether oxygens (including phenoxy) is 1. The predicted molar refractivity (Wildman–Crippen MR) is 59.6 cm³/mol. The van der Waals surface area contributed by atoms with Gasteiger partial charge >= 0.3 is 5.97 Å². The number of hydrogen-bond donors (Lipinski definition) is 0. The fourth-order valence-corrected chi connectivity index (χ4v) is 1.38. The summed E-state index contributed by atoms with van der Waals surface area (Å²) < 4.78 is 5.16. The van der Waals surface area contributed by atoms with E-state index in [1.54, 1.807) is 0 Å². The van der Waals surface area contributed by atoms with Crippen molar-refractivity contribution in [2.45, 2.75) is 65.4 Å². The van der Waals surface area contributed by atoms with Gasteiger partial charge in [0, 0.05) is 12.8 Å². The summed E-state index contributed by atoms with van der Waals surface area (Å²) in [5, 5.41) is 0. The molecule has 88 valence electrons. The van der Waals surface area contributed by atoms with E-state index >= 15 is 0 Å². The van der Waals surface area contributed by atoms with E-state index in [9.17, 15) is 9.59 Å². The minimum atomic E-state index is -0.506. The van der Waals surface area contributed by atoms with Crippen LogP contribution in [0.2, 0.25) is 0 Å². The number of rotatable bonds is 8. The first-order valence-corrected chi connectivity index (χ1v) is 5.87. The average molecular weight is 214 g/mol. The van der Waals surface area contributed by atoms with E-state index in [2.05, 4.69) is 0 Å². The van der Waals surface area contributed by atoms with Crippen LogP contribution < -0.4 is 0 Å². The zero-order valence-corrected chi connectivity index (χ0v) is 10.0. The maximum absolute atomic E-state index is 11.6. The number of Topliss-reactive ketones (excluding diaryl/α,β-unsaturated/α-hetero) is 1. The van der Waals surface area contributed by atoms with E-state index in [1.807, 2.05) is 20.8 Å². The molecule has 0 fully saturated rings. The van der Waals surface area contributed by atoms with Crippen LogP contribution in [-0.2, 0) is 14.3 Å². The Labute approximate surface area is 92.2 Å². The van der Waals surface area contributed by atoms with Crippen molar-refractivity contribution in [3.05, 3.63) is 0 Å². The lowest BCUT2D eigenvalue weighted by Crippen LogP contribution is -2.27. The van der Waals surface area contributed by atoms with Gasteiger partial charge in [0.15, 0.2) is 11.9 Å².